The first-order valence-electron chi connectivity index (χ1n) is 6.58. The number of aromatic nitrogens is 2. The number of hydrogen-bond donors (Lipinski definition) is 2. The number of amides is 1. The molecule has 0 unspecified atom stereocenters. The highest BCUT2D eigenvalue weighted by Crippen LogP contribution is 2.22. The summed E-state index contributed by atoms with van der Waals surface area (Å²) in [6.45, 7) is 2.52. The first-order valence-corrected chi connectivity index (χ1v) is 7.39. The number of nitrogens with zero attached hydrogens (tertiary/aromatic N) is 2. The summed E-state index contributed by atoms with van der Waals surface area (Å²) < 4.78 is 0. The van der Waals surface area contributed by atoms with Crippen molar-refractivity contribution < 1.29 is 4.79 Å². The molecule has 2 aromatic heterocycles. The van der Waals surface area contributed by atoms with Crippen LogP contribution in [0.15, 0.2) is 30.6 Å². The van der Waals surface area contributed by atoms with Gasteiger partial charge < -0.3 is 15.6 Å². The van der Waals surface area contributed by atoms with Gasteiger partial charge in [0.1, 0.15) is 0 Å². The number of nitrogen functional groups attached to an aromatic ring is 1. The van der Waals surface area contributed by atoms with Crippen LogP contribution >= 0.6 is 11.3 Å². The van der Waals surface area contributed by atoms with E-state index in [1.54, 1.807) is 35.5 Å². The van der Waals surface area contributed by atoms with Crippen molar-refractivity contribution in [2.75, 3.05) is 12.8 Å². The first kappa shape index (κ1) is 13.6. The monoisotopic (exact) mass is 300 g/mol. The summed E-state index contributed by atoms with van der Waals surface area (Å²) in [7, 11) is 1.80. The molecule has 3 aromatic rings. The Labute approximate surface area is 126 Å². The molecule has 21 heavy (non-hydrogen) atoms. The minimum absolute atomic E-state index is 0.0166. The zero-order chi connectivity index (χ0) is 15.0. The van der Waals surface area contributed by atoms with Gasteiger partial charge in [0.05, 0.1) is 17.1 Å². The lowest BCUT2D eigenvalue weighted by atomic mass is 10.1. The van der Waals surface area contributed by atoms with Crippen LogP contribution < -0.4 is 5.73 Å². The molecule has 0 radical (unpaired) electrons. The van der Waals surface area contributed by atoms with Gasteiger partial charge in [-0.15, -0.1) is 11.3 Å². The van der Waals surface area contributed by atoms with E-state index in [9.17, 15) is 4.79 Å². The lowest BCUT2D eigenvalue weighted by Crippen LogP contribution is -2.25. The molecule has 3 rings (SSSR count). The van der Waals surface area contributed by atoms with Gasteiger partial charge in [-0.1, -0.05) is 0 Å². The second-order valence-corrected chi connectivity index (χ2v) is 6.33. The third-order valence-corrected chi connectivity index (χ3v) is 4.24. The second-order valence-electron chi connectivity index (χ2n) is 5.01. The number of benzene rings is 1. The lowest BCUT2D eigenvalue weighted by Gasteiger charge is -2.15. The second kappa shape index (κ2) is 5.21. The van der Waals surface area contributed by atoms with Crippen molar-refractivity contribution in [3.05, 3.63) is 46.0 Å². The molecule has 108 valence electrons. The number of H-pyrrole nitrogens is 1. The molecular formula is C15H16N4OS. The molecule has 1 amide bonds. The van der Waals surface area contributed by atoms with Crippen LogP contribution in [0.4, 0.5) is 5.69 Å². The number of nitrogens with two attached hydrogens (primary N) is 1. The number of carbonyl (C=O) groups excluding carboxylic acids is 1. The van der Waals surface area contributed by atoms with Gasteiger partial charge in [-0.25, -0.2) is 4.98 Å². The molecule has 0 spiro atoms. The van der Waals surface area contributed by atoms with Crippen LogP contribution in [0.25, 0.3) is 10.9 Å². The molecule has 3 N–H and O–H groups in total. The topological polar surface area (TPSA) is 75.0 Å². The molecular weight excluding hydrogens is 284 g/mol. The van der Waals surface area contributed by atoms with E-state index in [4.69, 9.17) is 5.73 Å². The Morgan fingerprint density at radius 2 is 2.29 bits per heavy atom. The maximum Gasteiger partial charge on any atom is 0.256 e. The average molecular weight is 300 g/mol. The van der Waals surface area contributed by atoms with Gasteiger partial charge >= 0.3 is 0 Å². The van der Waals surface area contributed by atoms with E-state index in [0.717, 1.165) is 20.8 Å². The molecule has 0 aliphatic rings. The molecule has 6 heteroatoms. The quantitative estimate of drug-likeness (QED) is 0.730. The highest BCUT2D eigenvalue weighted by molar-refractivity contribution is 7.11. The minimum Gasteiger partial charge on any atom is -0.399 e. The Bertz CT molecular complexity index is 805. The molecule has 0 saturated carbocycles. The molecule has 2 heterocycles. The predicted molar refractivity (Wildman–Crippen MR) is 85.4 cm³/mol. The number of aromatic amines is 1. The van der Waals surface area contributed by atoms with E-state index in [0.29, 0.717) is 17.8 Å². The van der Waals surface area contributed by atoms with Gasteiger partial charge in [0.25, 0.3) is 5.91 Å². The number of anilines is 1. The summed E-state index contributed by atoms with van der Waals surface area (Å²) in [5.41, 5.74) is 7.97. The standard InChI is InChI=1S/C15H16N4OS/c1-9-17-6-11(21-9)8-19(2)15(20)13-7-18-14-5-10(16)3-4-12(13)14/h3-7,18H,8,16H2,1-2H3. The predicted octanol–water partition coefficient (Wildman–Crippen LogP) is 2.79. The Morgan fingerprint density at radius 1 is 1.48 bits per heavy atom. The number of hydrogen-bond acceptors (Lipinski definition) is 4. The van der Waals surface area contributed by atoms with Crippen molar-refractivity contribution in [3.63, 3.8) is 0 Å². The average Bonchev–Trinajstić information content (AvgIpc) is 3.03. The van der Waals surface area contributed by atoms with Gasteiger partial charge in [-0.05, 0) is 25.1 Å². The zero-order valence-corrected chi connectivity index (χ0v) is 12.7. The van der Waals surface area contributed by atoms with Crippen LogP contribution in [0.3, 0.4) is 0 Å². The molecule has 0 aliphatic carbocycles. The van der Waals surface area contributed by atoms with Crippen LogP contribution in [-0.2, 0) is 6.54 Å². The van der Waals surface area contributed by atoms with Crippen molar-refractivity contribution in [3.8, 4) is 0 Å². The van der Waals surface area contributed by atoms with E-state index >= 15 is 0 Å². The van der Waals surface area contributed by atoms with E-state index in [2.05, 4.69) is 9.97 Å². The first-order chi connectivity index (χ1) is 10.0. The maximum atomic E-state index is 12.6. The van der Waals surface area contributed by atoms with E-state index < -0.39 is 0 Å². The summed E-state index contributed by atoms with van der Waals surface area (Å²) >= 11 is 1.61. The molecule has 1 aromatic carbocycles. The third kappa shape index (κ3) is 2.62. The van der Waals surface area contributed by atoms with Crippen LogP contribution in [0, 0.1) is 6.92 Å². The van der Waals surface area contributed by atoms with Crippen molar-refractivity contribution in [2.45, 2.75) is 13.5 Å². The smallest absolute Gasteiger partial charge is 0.256 e. The summed E-state index contributed by atoms with van der Waals surface area (Å²) in [6, 6.07) is 5.51. The lowest BCUT2D eigenvalue weighted by molar-refractivity contribution is 0.0788. The molecule has 0 bridgehead atoms. The van der Waals surface area contributed by atoms with Gasteiger partial charge in [0.2, 0.25) is 0 Å². The fourth-order valence-corrected chi connectivity index (χ4v) is 3.16. The molecule has 0 aliphatic heterocycles. The van der Waals surface area contributed by atoms with E-state index in [-0.39, 0.29) is 5.91 Å². The number of fused-ring (bicyclic) bond motifs is 1. The normalized spacial score (nSPS) is 11.0. The fraction of sp³-hybridized carbons (Fsp3) is 0.200. The number of aryl methyl sites for hydroxylation is 1. The summed E-state index contributed by atoms with van der Waals surface area (Å²) in [5, 5.41) is 1.90. The van der Waals surface area contributed by atoms with Crippen molar-refractivity contribution in [2.24, 2.45) is 0 Å². The Kier molecular flexibility index (Phi) is 3.39. The van der Waals surface area contributed by atoms with Crippen LogP contribution in [-0.4, -0.2) is 27.8 Å². The van der Waals surface area contributed by atoms with Crippen LogP contribution in [0.1, 0.15) is 20.2 Å². The Morgan fingerprint density at radius 3 is 3.00 bits per heavy atom. The van der Waals surface area contributed by atoms with Crippen molar-refractivity contribution in [1.82, 2.24) is 14.9 Å². The molecule has 0 saturated heterocycles. The SMILES string of the molecule is Cc1ncc(CN(C)C(=O)c2c[nH]c3cc(N)ccc23)s1. The molecule has 0 fully saturated rings. The van der Waals surface area contributed by atoms with Crippen LogP contribution in [0.5, 0.6) is 0 Å². The fourth-order valence-electron chi connectivity index (χ4n) is 2.31. The van der Waals surface area contributed by atoms with Crippen molar-refractivity contribution in [1.29, 1.82) is 0 Å². The number of thiazole rings is 1. The van der Waals surface area contributed by atoms with Gasteiger partial charge in [0, 0.05) is 40.9 Å². The Balaban J connectivity index is 1.86. The highest BCUT2D eigenvalue weighted by Gasteiger charge is 2.17. The molecule has 0 atom stereocenters. The summed E-state index contributed by atoms with van der Waals surface area (Å²) in [6.07, 6.45) is 3.56. The van der Waals surface area contributed by atoms with E-state index in [1.807, 2.05) is 25.3 Å². The van der Waals surface area contributed by atoms with Gasteiger partial charge in [-0.3, -0.25) is 4.79 Å². The maximum absolute atomic E-state index is 12.6. The summed E-state index contributed by atoms with van der Waals surface area (Å²) in [5.74, 6) is -0.0166. The largest absolute Gasteiger partial charge is 0.399 e. The van der Waals surface area contributed by atoms with Gasteiger partial charge in [-0.2, -0.15) is 0 Å². The minimum atomic E-state index is -0.0166. The van der Waals surface area contributed by atoms with Gasteiger partial charge in [0.15, 0.2) is 0 Å². The summed E-state index contributed by atoms with van der Waals surface area (Å²) in [4.78, 5) is 22.7. The highest BCUT2D eigenvalue weighted by atomic mass is 32.1. The van der Waals surface area contributed by atoms with E-state index in [1.165, 1.54) is 0 Å². The van der Waals surface area contributed by atoms with Crippen molar-refractivity contribution >= 4 is 33.8 Å². The number of carbonyl (C=O) groups is 1. The number of rotatable bonds is 3. The Hall–Kier alpha value is -2.34. The number of nitrogens with one attached hydrogen (secondary N) is 1. The van der Waals surface area contributed by atoms with Crippen LogP contribution in [0.2, 0.25) is 0 Å². The molecule has 5 nitrogen and oxygen atoms in total. The third-order valence-electron chi connectivity index (χ3n) is 3.35. The zero-order valence-electron chi connectivity index (χ0n) is 11.9.